The molecule has 0 spiro atoms. The largest absolute Gasteiger partial charge is 0.507 e. The first-order valence-electron chi connectivity index (χ1n) is 9.41. The molecule has 6 N–H and O–H groups in total. The number of ketones is 1. The van der Waals surface area contributed by atoms with E-state index in [1.165, 1.54) is 6.07 Å². The summed E-state index contributed by atoms with van der Waals surface area (Å²) < 4.78 is 0. The molecule has 2 aromatic carbocycles. The van der Waals surface area contributed by atoms with Gasteiger partial charge in [-0.15, -0.1) is 0 Å². The molecule has 8 nitrogen and oxygen atoms in total. The number of likely N-dealkylation sites (N-methyl/N-ethyl adjacent to an activating group) is 1. The molecule has 156 valence electrons. The number of aliphatic hydroxyl groups is 2. The van der Waals surface area contributed by atoms with E-state index in [1.54, 1.807) is 38.1 Å². The van der Waals surface area contributed by atoms with Crippen molar-refractivity contribution in [2.24, 2.45) is 11.7 Å². The molecule has 0 bridgehead atoms. The number of aliphatic hydroxyl groups excluding tert-OH is 2. The molecule has 0 radical (unpaired) electrons. The van der Waals surface area contributed by atoms with E-state index in [-0.39, 0.29) is 34.4 Å². The van der Waals surface area contributed by atoms with Gasteiger partial charge in [-0.3, -0.25) is 14.5 Å². The van der Waals surface area contributed by atoms with E-state index in [4.69, 9.17) is 5.73 Å². The first kappa shape index (κ1) is 19.8. The Morgan fingerprint density at radius 3 is 2.40 bits per heavy atom. The molecule has 0 saturated heterocycles. The lowest BCUT2D eigenvalue weighted by atomic mass is 9.69. The summed E-state index contributed by atoms with van der Waals surface area (Å²) in [6.07, 6.45) is 0.227. The van der Waals surface area contributed by atoms with E-state index in [2.05, 4.69) is 0 Å². The van der Waals surface area contributed by atoms with Gasteiger partial charge in [0.25, 0.3) is 5.91 Å². The number of phenolic OH excluding ortho intramolecular Hbond substituents is 2. The summed E-state index contributed by atoms with van der Waals surface area (Å²) in [4.78, 5) is 26.5. The number of Topliss-reactive ketones (excluding diaryl/α,β-unsaturated/α-hetero) is 1. The van der Waals surface area contributed by atoms with E-state index in [0.717, 1.165) is 5.56 Å². The monoisotopic (exact) mass is 410 g/mol. The fourth-order valence-corrected chi connectivity index (χ4v) is 4.83. The van der Waals surface area contributed by atoms with Crippen molar-refractivity contribution in [3.8, 4) is 11.5 Å². The SMILES string of the molecule is Cc1c2c(c(O)c3c(O)cccc13)C(O)=C1C(O)=C(C(N)=O)C(=O)C(N(C)C)C1C2. The number of amides is 1. The number of nitrogens with zero attached hydrogens (tertiary/aromatic N) is 1. The lowest BCUT2D eigenvalue weighted by Gasteiger charge is -2.40. The number of rotatable bonds is 2. The molecule has 1 amide bonds. The van der Waals surface area contributed by atoms with E-state index in [0.29, 0.717) is 10.9 Å². The number of carbonyl (C=O) groups excluding carboxylic acids is 2. The summed E-state index contributed by atoms with van der Waals surface area (Å²) in [6, 6.07) is 3.99. The molecule has 2 aromatic rings. The predicted octanol–water partition coefficient (Wildman–Crippen LogP) is 1.81. The Balaban J connectivity index is 2.14. The number of primary amides is 1. The third-order valence-corrected chi connectivity index (χ3v) is 6.15. The van der Waals surface area contributed by atoms with E-state index < -0.39 is 40.7 Å². The van der Waals surface area contributed by atoms with Gasteiger partial charge < -0.3 is 26.2 Å². The van der Waals surface area contributed by atoms with Crippen LogP contribution in [-0.2, 0) is 16.0 Å². The number of carbonyl (C=O) groups is 2. The summed E-state index contributed by atoms with van der Waals surface area (Å²) in [5.74, 6) is -3.97. The van der Waals surface area contributed by atoms with Gasteiger partial charge in [0.15, 0.2) is 5.78 Å². The summed E-state index contributed by atoms with van der Waals surface area (Å²) >= 11 is 0. The lowest BCUT2D eigenvalue weighted by molar-refractivity contribution is -0.125. The number of nitrogens with two attached hydrogens (primary N) is 1. The van der Waals surface area contributed by atoms with Crippen LogP contribution in [0.1, 0.15) is 16.7 Å². The van der Waals surface area contributed by atoms with Crippen molar-refractivity contribution in [1.29, 1.82) is 0 Å². The molecule has 0 aliphatic heterocycles. The quantitative estimate of drug-likeness (QED) is 0.475. The Hall–Kier alpha value is -3.52. The minimum atomic E-state index is -1.09. The molecule has 0 saturated carbocycles. The summed E-state index contributed by atoms with van der Waals surface area (Å²) in [5.41, 5.74) is 6.15. The van der Waals surface area contributed by atoms with E-state index in [9.17, 15) is 30.0 Å². The van der Waals surface area contributed by atoms with Crippen LogP contribution in [0.4, 0.5) is 0 Å². The number of fused-ring (bicyclic) bond motifs is 3. The molecule has 30 heavy (non-hydrogen) atoms. The van der Waals surface area contributed by atoms with Gasteiger partial charge in [-0.2, -0.15) is 0 Å². The molecule has 0 aromatic heterocycles. The summed E-state index contributed by atoms with van der Waals surface area (Å²) in [5, 5.41) is 43.9. The Morgan fingerprint density at radius 1 is 1.13 bits per heavy atom. The van der Waals surface area contributed by atoms with Crippen molar-refractivity contribution < 1.29 is 30.0 Å². The molecule has 8 heteroatoms. The molecule has 4 rings (SSSR count). The first-order chi connectivity index (χ1) is 14.1. The van der Waals surface area contributed by atoms with Gasteiger partial charge in [0.05, 0.1) is 17.0 Å². The maximum Gasteiger partial charge on any atom is 0.256 e. The molecule has 2 unspecified atom stereocenters. The van der Waals surface area contributed by atoms with Crippen molar-refractivity contribution in [3.05, 3.63) is 51.8 Å². The highest BCUT2D eigenvalue weighted by Crippen LogP contribution is 2.50. The summed E-state index contributed by atoms with van der Waals surface area (Å²) in [7, 11) is 3.33. The van der Waals surface area contributed by atoms with Gasteiger partial charge in [-0.25, -0.2) is 0 Å². The van der Waals surface area contributed by atoms with Crippen LogP contribution in [0.5, 0.6) is 11.5 Å². The molecule has 2 aliphatic carbocycles. The number of hydrogen-bond acceptors (Lipinski definition) is 7. The number of hydrogen-bond donors (Lipinski definition) is 5. The third kappa shape index (κ3) is 2.43. The van der Waals surface area contributed by atoms with Crippen LogP contribution in [0.15, 0.2) is 35.1 Å². The Morgan fingerprint density at radius 2 is 1.80 bits per heavy atom. The zero-order chi connectivity index (χ0) is 22.1. The Bertz CT molecular complexity index is 1210. The number of aryl methyl sites for hydroxylation is 1. The van der Waals surface area contributed by atoms with Crippen molar-refractivity contribution in [1.82, 2.24) is 4.90 Å². The van der Waals surface area contributed by atoms with Crippen LogP contribution in [0.25, 0.3) is 16.5 Å². The van der Waals surface area contributed by atoms with Gasteiger partial charge >= 0.3 is 0 Å². The van der Waals surface area contributed by atoms with Crippen LogP contribution in [0.2, 0.25) is 0 Å². The minimum Gasteiger partial charge on any atom is -0.507 e. The van der Waals surface area contributed by atoms with E-state index >= 15 is 0 Å². The van der Waals surface area contributed by atoms with Gasteiger partial charge in [-0.1, -0.05) is 12.1 Å². The van der Waals surface area contributed by atoms with Crippen LogP contribution in [0, 0.1) is 12.8 Å². The average molecular weight is 410 g/mol. The van der Waals surface area contributed by atoms with Gasteiger partial charge in [0.1, 0.15) is 28.6 Å². The van der Waals surface area contributed by atoms with Gasteiger partial charge in [0.2, 0.25) is 0 Å². The average Bonchev–Trinajstić information content (AvgIpc) is 2.64. The lowest BCUT2D eigenvalue weighted by Crippen LogP contribution is -2.50. The zero-order valence-corrected chi connectivity index (χ0v) is 16.7. The minimum absolute atomic E-state index is 0.0147. The van der Waals surface area contributed by atoms with Crippen molar-refractivity contribution in [2.75, 3.05) is 14.1 Å². The van der Waals surface area contributed by atoms with Crippen LogP contribution >= 0.6 is 0 Å². The number of benzene rings is 2. The second-order valence-corrected chi connectivity index (χ2v) is 7.96. The highest BCUT2D eigenvalue weighted by molar-refractivity contribution is 6.23. The second-order valence-electron chi connectivity index (χ2n) is 7.96. The van der Waals surface area contributed by atoms with Crippen LogP contribution in [0.3, 0.4) is 0 Å². The predicted molar refractivity (Wildman–Crippen MR) is 110 cm³/mol. The molecule has 0 heterocycles. The Kier molecular flexibility index (Phi) is 4.28. The second kappa shape index (κ2) is 6.50. The zero-order valence-electron chi connectivity index (χ0n) is 16.7. The van der Waals surface area contributed by atoms with Crippen molar-refractivity contribution in [2.45, 2.75) is 19.4 Å². The maximum atomic E-state index is 13.0. The van der Waals surface area contributed by atoms with Crippen molar-refractivity contribution in [3.63, 3.8) is 0 Å². The van der Waals surface area contributed by atoms with Crippen LogP contribution in [-0.4, -0.2) is 57.2 Å². The fourth-order valence-electron chi connectivity index (χ4n) is 4.83. The van der Waals surface area contributed by atoms with Gasteiger partial charge in [0, 0.05) is 11.5 Å². The molecular weight excluding hydrogens is 388 g/mol. The Labute approximate surface area is 172 Å². The highest BCUT2D eigenvalue weighted by atomic mass is 16.3. The van der Waals surface area contributed by atoms with Crippen LogP contribution < -0.4 is 5.73 Å². The number of allylic oxidation sites excluding steroid dienone is 1. The normalized spacial score (nSPS) is 21.3. The fraction of sp³-hybridized carbons (Fsp3) is 0.273. The maximum absolute atomic E-state index is 13.0. The van der Waals surface area contributed by atoms with Gasteiger partial charge in [-0.05, 0) is 50.0 Å². The number of aromatic hydroxyl groups is 2. The topological polar surface area (TPSA) is 144 Å². The first-order valence-corrected chi connectivity index (χ1v) is 9.41. The molecule has 0 fully saturated rings. The van der Waals surface area contributed by atoms with Crippen molar-refractivity contribution >= 4 is 28.2 Å². The smallest absolute Gasteiger partial charge is 0.256 e. The number of phenols is 2. The third-order valence-electron chi connectivity index (χ3n) is 6.15. The molecular formula is C22H22N2O6. The highest BCUT2D eigenvalue weighted by Gasteiger charge is 2.48. The summed E-state index contributed by atoms with van der Waals surface area (Å²) in [6.45, 7) is 1.80. The molecule has 2 aliphatic rings. The van der Waals surface area contributed by atoms with E-state index in [1.807, 2.05) is 0 Å². The standard InChI is InChI=1S/C22H22N2O6/c1-8-9-5-4-6-12(25)13(9)18(26)14-10(8)7-11-15(19(14)27)20(28)16(22(23)30)21(29)17(11)24(2)3/h4-6,11,17,25-28H,7H2,1-3H3,(H2,23,30). The molecule has 2 atom stereocenters.